The fourth-order valence-corrected chi connectivity index (χ4v) is 4.57. The van der Waals surface area contributed by atoms with Crippen LogP contribution in [0.25, 0.3) is 0 Å². The number of aromatic nitrogens is 1. The summed E-state index contributed by atoms with van der Waals surface area (Å²) in [6, 6.07) is 11.4. The van der Waals surface area contributed by atoms with E-state index in [0.29, 0.717) is 43.3 Å². The van der Waals surface area contributed by atoms with Crippen LogP contribution in [-0.2, 0) is 10.0 Å². The largest absolute Gasteiger partial charge is 0.353 e. The van der Waals surface area contributed by atoms with Crippen molar-refractivity contribution >= 4 is 33.3 Å². The Morgan fingerprint density at radius 3 is 2.38 bits per heavy atom. The van der Waals surface area contributed by atoms with Crippen molar-refractivity contribution in [3.8, 4) is 0 Å². The molecule has 9 heteroatoms. The Balaban J connectivity index is 1.63. The van der Waals surface area contributed by atoms with E-state index in [2.05, 4.69) is 14.6 Å². The molecule has 1 aromatic heterocycles. The number of piperazine rings is 1. The van der Waals surface area contributed by atoms with Crippen molar-refractivity contribution in [2.45, 2.75) is 31.2 Å². The monoisotopic (exact) mass is 436 g/mol. The fraction of sp³-hybridized carbons (Fsp3) is 0.400. The molecule has 0 saturated carbocycles. The first-order valence-corrected chi connectivity index (χ1v) is 11.5. The zero-order valence-electron chi connectivity index (χ0n) is 16.5. The van der Waals surface area contributed by atoms with E-state index in [4.69, 9.17) is 11.6 Å². The molecule has 2 aromatic rings. The number of rotatable bonds is 6. The van der Waals surface area contributed by atoms with Crippen LogP contribution in [0.3, 0.4) is 0 Å². The van der Waals surface area contributed by atoms with Crippen molar-refractivity contribution in [2.24, 2.45) is 0 Å². The van der Waals surface area contributed by atoms with Crippen molar-refractivity contribution in [1.29, 1.82) is 0 Å². The Labute approximate surface area is 176 Å². The Kier molecular flexibility index (Phi) is 6.77. The minimum absolute atomic E-state index is 0.109. The van der Waals surface area contributed by atoms with Gasteiger partial charge in [0.05, 0.1) is 4.90 Å². The molecule has 1 N–H and O–H groups in total. The third-order valence-corrected chi connectivity index (χ3v) is 6.79. The molecule has 0 bridgehead atoms. The highest BCUT2D eigenvalue weighted by Crippen LogP contribution is 2.18. The van der Waals surface area contributed by atoms with Crippen LogP contribution < -0.4 is 9.62 Å². The van der Waals surface area contributed by atoms with Crippen LogP contribution in [-0.4, -0.2) is 56.4 Å². The SMILES string of the molecule is CCC(C)NS(=O)(=O)c1ccc(C(=O)N2CCN(c3cccc(Cl)n3)CC2)cc1. The molecule has 1 fully saturated rings. The predicted octanol–water partition coefficient (Wildman–Crippen LogP) is 2.77. The lowest BCUT2D eigenvalue weighted by atomic mass is 10.2. The van der Waals surface area contributed by atoms with Crippen LogP contribution in [0.4, 0.5) is 5.82 Å². The normalized spacial score (nSPS) is 16.0. The number of carbonyl (C=O) groups excluding carboxylic acids is 1. The van der Waals surface area contributed by atoms with E-state index in [0.717, 1.165) is 5.82 Å². The number of nitrogens with one attached hydrogen (secondary N) is 1. The van der Waals surface area contributed by atoms with E-state index in [1.165, 1.54) is 12.1 Å². The van der Waals surface area contributed by atoms with Crippen LogP contribution in [0.2, 0.25) is 5.15 Å². The molecule has 7 nitrogen and oxygen atoms in total. The molecule has 1 saturated heterocycles. The Hall–Kier alpha value is -2.16. The molecule has 0 radical (unpaired) electrons. The summed E-state index contributed by atoms with van der Waals surface area (Å²) in [6.45, 7) is 6.16. The van der Waals surface area contributed by atoms with Gasteiger partial charge in [-0.15, -0.1) is 0 Å². The van der Waals surface area contributed by atoms with E-state index >= 15 is 0 Å². The minimum atomic E-state index is -3.58. The quantitative estimate of drug-likeness (QED) is 0.704. The summed E-state index contributed by atoms with van der Waals surface area (Å²) in [7, 11) is -3.58. The summed E-state index contributed by atoms with van der Waals surface area (Å²) < 4.78 is 27.3. The first kappa shape index (κ1) is 21.5. The minimum Gasteiger partial charge on any atom is -0.353 e. The van der Waals surface area contributed by atoms with E-state index in [1.54, 1.807) is 23.1 Å². The van der Waals surface area contributed by atoms with Gasteiger partial charge in [0.15, 0.2) is 0 Å². The summed E-state index contributed by atoms with van der Waals surface area (Å²) in [4.78, 5) is 21.1. The predicted molar refractivity (Wildman–Crippen MR) is 114 cm³/mol. The van der Waals surface area contributed by atoms with Gasteiger partial charge in [-0.2, -0.15) is 0 Å². The van der Waals surface area contributed by atoms with Gasteiger partial charge >= 0.3 is 0 Å². The summed E-state index contributed by atoms with van der Waals surface area (Å²) in [6.07, 6.45) is 0.701. The molecule has 156 valence electrons. The third kappa shape index (κ3) is 5.26. The first-order valence-electron chi connectivity index (χ1n) is 9.59. The van der Waals surface area contributed by atoms with E-state index in [-0.39, 0.29) is 16.8 Å². The van der Waals surface area contributed by atoms with Crippen molar-refractivity contribution in [3.05, 3.63) is 53.2 Å². The second-order valence-corrected chi connectivity index (χ2v) is 9.15. The molecule has 0 spiro atoms. The molecular weight excluding hydrogens is 412 g/mol. The molecule has 1 amide bonds. The van der Waals surface area contributed by atoms with Crippen molar-refractivity contribution in [3.63, 3.8) is 0 Å². The number of hydrogen-bond acceptors (Lipinski definition) is 5. The second-order valence-electron chi connectivity index (χ2n) is 7.05. The first-order chi connectivity index (χ1) is 13.8. The highest BCUT2D eigenvalue weighted by Gasteiger charge is 2.24. The van der Waals surface area contributed by atoms with Crippen LogP contribution >= 0.6 is 11.6 Å². The standard InChI is InChI=1S/C20H25ClN4O3S/c1-3-15(2)23-29(27,28)17-9-7-16(8-10-17)20(26)25-13-11-24(12-14-25)19-6-4-5-18(21)22-19/h4-10,15,23H,3,11-14H2,1-2H3. The molecular formula is C20H25ClN4O3S. The Morgan fingerprint density at radius 2 is 1.79 bits per heavy atom. The van der Waals surface area contributed by atoms with Crippen molar-refractivity contribution < 1.29 is 13.2 Å². The van der Waals surface area contributed by atoms with Gasteiger partial charge in [0.1, 0.15) is 11.0 Å². The number of amides is 1. The van der Waals surface area contributed by atoms with Gasteiger partial charge < -0.3 is 9.80 Å². The molecule has 2 heterocycles. The van der Waals surface area contributed by atoms with Crippen LogP contribution in [0.5, 0.6) is 0 Å². The molecule has 1 aliphatic heterocycles. The van der Waals surface area contributed by atoms with Gasteiger partial charge in [-0.05, 0) is 49.7 Å². The number of nitrogens with zero attached hydrogens (tertiary/aromatic N) is 3. The van der Waals surface area contributed by atoms with Gasteiger partial charge in [0, 0.05) is 37.8 Å². The van der Waals surface area contributed by atoms with Crippen molar-refractivity contribution in [1.82, 2.24) is 14.6 Å². The number of sulfonamides is 1. The molecule has 3 rings (SSSR count). The molecule has 0 aliphatic carbocycles. The number of pyridine rings is 1. The fourth-order valence-electron chi connectivity index (χ4n) is 3.09. The molecule has 29 heavy (non-hydrogen) atoms. The van der Waals surface area contributed by atoms with E-state index in [1.807, 2.05) is 26.0 Å². The average Bonchev–Trinajstić information content (AvgIpc) is 2.73. The smallest absolute Gasteiger partial charge is 0.253 e. The van der Waals surface area contributed by atoms with E-state index in [9.17, 15) is 13.2 Å². The Bertz CT molecular complexity index is 958. The van der Waals surface area contributed by atoms with Gasteiger partial charge in [-0.1, -0.05) is 24.6 Å². The molecule has 1 aromatic carbocycles. The Morgan fingerprint density at radius 1 is 1.14 bits per heavy atom. The average molecular weight is 437 g/mol. The maximum atomic E-state index is 12.8. The zero-order valence-corrected chi connectivity index (χ0v) is 18.1. The van der Waals surface area contributed by atoms with Gasteiger partial charge in [-0.25, -0.2) is 18.1 Å². The summed E-state index contributed by atoms with van der Waals surface area (Å²) in [5, 5.41) is 0.443. The number of halogens is 1. The summed E-state index contributed by atoms with van der Waals surface area (Å²) in [5.41, 5.74) is 0.474. The topological polar surface area (TPSA) is 82.6 Å². The van der Waals surface area contributed by atoms with Crippen LogP contribution in [0, 0.1) is 0 Å². The van der Waals surface area contributed by atoms with Crippen LogP contribution in [0.1, 0.15) is 30.6 Å². The maximum absolute atomic E-state index is 12.8. The van der Waals surface area contributed by atoms with Gasteiger partial charge in [-0.3, -0.25) is 4.79 Å². The number of benzene rings is 1. The van der Waals surface area contributed by atoms with Crippen LogP contribution in [0.15, 0.2) is 47.4 Å². The van der Waals surface area contributed by atoms with Gasteiger partial charge in [0.2, 0.25) is 10.0 Å². The lowest BCUT2D eigenvalue weighted by Gasteiger charge is -2.35. The number of carbonyl (C=O) groups is 1. The molecule has 1 aliphatic rings. The lowest BCUT2D eigenvalue weighted by Crippen LogP contribution is -2.49. The third-order valence-electron chi connectivity index (χ3n) is 4.97. The second kappa shape index (κ2) is 9.11. The lowest BCUT2D eigenvalue weighted by molar-refractivity contribution is 0.0746. The molecule has 1 atom stereocenters. The van der Waals surface area contributed by atoms with Gasteiger partial charge in [0.25, 0.3) is 5.91 Å². The van der Waals surface area contributed by atoms with E-state index < -0.39 is 10.0 Å². The molecule has 1 unspecified atom stereocenters. The highest BCUT2D eigenvalue weighted by atomic mass is 35.5. The maximum Gasteiger partial charge on any atom is 0.253 e. The van der Waals surface area contributed by atoms with Crippen molar-refractivity contribution in [2.75, 3.05) is 31.1 Å². The highest BCUT2D eigenvalue weighted by molar-refractivity contribution is 7.89. The number of hydrogen-bond donors (Lipinski definition) is 1. The summed E-state index contributed by atoms with van der Waals surface area (Å²) >= 11 is 5.95. The number of anilines is 1. The summed E-state index contributed by atoms with van der Waals surface area (Å²) in [5.74, 6) is 0.690. The zero-order chi connectivity index (χ0) is 21.0.